The van der Waals surface area contributed by atoms with Gasteiger partial charge in [-0.15, -0.1) is 0 Å². The molecular formula is C25H26N2O3. The Balaban J connectivity index is 1.97. The number of anilines is 1. The molecule has 0 saturated heterocycles. The van der Waals surface area contributed by atoms with Gasteiger partial charge in [0.05, 0.1) is 25.1 Å². The van der Waals surface area contributed by atoms with Crippen molar-refractivity contribution in [2.45, 2.75) is 13.8 Å². The van der Waals surface area contributed by atoms with Gasteiger partial charge in [-0.1, -0.05) is 24.3 Å². The molecule has 154 valence electrons. The third-order valence-electron chi connectivity index (χ3n) is 4.58. The van der Waals surface area contributed by atoms with Crippen molar-refractivity contribution >= 4 is 17.2 Å². The van der Waals surface area contributed by atoms with Gasteiger partial charge in [0.15, 0.2) is 0 Å². The number of carbonyl (C=O) groups is 1. The number of ether oxygens (including phenoxy) is 2. The molecule has 0 aliphatic heterocycles. The minimum Gasteiger partial charge on any atom is -0.494 e. The van der Waals surface area contributed by atoms with Crippen LogP contribution in [0.4, 0.5) is 5.69 Å². The summed E-state index contributed by atoms with van der Waals surface area (Å²) in [6, 6.07) is 19.2. The van der Waals surface area contributed by atoms with Crippen molar-refractivity contribution in [3.05, 3.63) is 90.3 Å². The van der Waals surface area contributed by atoms with E-state index in [0.717, 1.165) is 33.9 Å². The molecule has 0 fully saturated rings. The fraction of sp³-hybridized carbons (Fsp3) is 0.200. The maximum atomic E-state index is 13.0. The van der Waals surface area contributed by atoms with Gasteiger partial charge in [-0.3, -0.25) is 9.78 Å². The van der Waals surface area contributed by atoms with E-state index in [0.29, 0.717) is 13.2 Å². The van der Waals surface area contributed by atoms with Gasteiger partial charge in [0.25, 0.3) is 5.91 Å². The molecular weight excluding hydrogens is 376 g/mol. The van der Waals surface area contributed by atoms with Crippen LogP contribution < -0.4 is 14.4 Å². The molecule has 30 heavy (non-hydrogen) atoms. The van der Waals surface area contributed by atoms with Crippen LogP contribution >= 0.6 is 0 Å². The van der Waals surface area contributed by atoms with Crippen molar-refractivity contribution in [2.24, 2.45) is 0 Å². The molecule has 3 aromatic rings. The number of carbonyl (C=O) groups excluding carboxylic acids is 1. The third kappa shape index (κ3) is 5.26. The molecule has 0 bridgehead atoms. The van der Waals surface area contributed by atoms with E-state index in [4.69, 9.17) is 9.47 Å². The van der Waals surface area contributed by atoms with E-state index >= 15 is 0 Å². The Morgan fingerprint density at radius 3 is 1.87 bits per heavy atom. The Bertz CT molecular complexity index is 930. The van der Waals surface area contributed by atoms with Crippen molar-refractivity contribution in [1.82, 2.24) is 4.98 Å². The maximum Gasteiger partial charge on any atom is 0.251 e. The van der Waals surface area contributed by atoms with Gasteiger partial charge in [0.2, 0.25) is 0 Å². The van der Waals surface area contributed by atoms with Gasteiger partial charge >= 0.3 is 0 Å². The van der Waals surface area contributed by atoms with Crippen molar-refractivity contribution in [3.63, 3.8) is 0 Å². The van der Waals surface area contributed by atoms with Crippen LogP contribution in [0.2, 0.25) is 0 Å². The zero-order valence-corrected chi connectivity index (χ0v) is 17.5. The second-order valence-corrected chi connectivity index (χ2v) is 6.58. The lowest BCUT2D eigenvalue weighted by Gasteiger charge is -2.17. The average Bonchev–Trinajstić information content (AvgIpc) is 2.79. The second kappa shape index (κ2) is 10.3. The molecule has 0 unspecified atom stereocenters. The predicted molar refractivity (Wildman–Crippen MR) is 120 cm³/mol. The van der Waals surface area contributed by atoms with E-state index in [1.54, 1.807) is 30.4 Å². The lowest BCUT2D eigenvalue weighted by Crippen LogP contribution is -2.24. The largest absolute Gasteiger partial charge is 0.494 e. The topological polar surface area (TPSA) is 51.7 Å². The predicted octanol–water partition coefficient (Wildman–Crippen LogP) is 4.97. The molecule has 1 amide bonds. The van der Waals surface area contributed by atoms with Crippen LogP contribution in [0.15, 0.2) is 79.1 Å². The van der Waals surface area contributed by atoms with Gasteiger partial charge in [0.1, 0.15) is 11.5 Å². The summed E-state index contributed by atoms with van der Waals surface area (Å²) >= 11 is 0. The van der Waals surface area contributed by atoms with Gasteiger partial charge < -0.3 is 14.4 Å². The number of aromatic nitrogens is 1. The first-order chi connectivity index (χ1) is 14.6. The number of benzene rings is 2. The minimum atomic E-state index is -0.138. The molecule has 1 heterocycles. The number of amides is 1. The number of pyridine rings is 1. The van der Waals surface area contributed by atoms with Crippen LogP contribution in [0, 0.1) is 0 Å². The van der Waals surface area contributed by atoms with Crippen molar-refractivity contribution in [3.8, 4) is 11.5 Å². The summed E-state index contributed by atoms with van der Waals surface area (Å²) in [5.41, 5.74) is 3.41. The SMILES string of the molecule is CCOc1ccc(C(=CC(=O)N(C)c2cccnc2)c2ccc(OCC)cc2)cc1. The average molecular weight is 402 g/mol. The molecule has 5 nitrogen and oxygen atoms in total. The van der Waals surface area contributed by atoms with E-state index in [1.165, 1.54) is 0 Å². The number of likely N-dealkylation sites (N-methyl/N-ethyl adjacent to an activating group) is 1. The summed E-state index contributed by atoms with van der Waals surface area (Å²) < 4.78 is 11.1. The summed E-state index contributed by atoms with van der Waals surface area (Å²) in [4.78, 5) is 18.7. The molecule has 0 aliphatic rings. The standard InChI is InChI=1S/C25H26N2O3/c1-4-29-22-12-8-19(9-13-22)24(20-10-14-23(15-11-20)30-5-2)17-25(28)27(3)21-7-6-16-26-18-21/h6-18H,4-5H2,1-3H3. The van der Waals surface area contributed by atoms with Crippen LogP contribution in [0.3, 0.4) is 0 Å². The fourth-order valence-electron chi connectivity index (χ4n) is 3.03. The number of nitrogens with zero attached hydrogens (tertiary/aromatic N) is 2. The zero-order chi connectivity index (χ0) is 21.3. The Kier molecular flexibility index (Phi) is 7.22. The van der Waals surface area contributed by atoms with E-state index < -0.39 is 0 Å². The van der Waals surface area contributed by atoms with Gasteiger partial charge in [-0.05, 0) is 66.9 Å². The van der Waals surface area contributed by atoms with E-state index in [2.05, 4.69) is 4.98 Å². The molecule has 0 spiro atoms. The zero-order valence-electron chi connectivity index (χ0n) is 17.5. The summed E-state index contributed by atoms with van der Waals surface area (Å²) in [5.74, 6) is 1.46. The minimum absolute atomic E-state index is 0.138. The van der Waals surface area contributed by atoms with Crippen molar-refractivity contribution < 1.29 is 14.3 Å². The number of hydrogen-bond donors (Lipinski definition) is 0. The fourth-order valence-corrected chi connectivity index (χ4v) is 3.03. The summed E-state index contributed by atoms with van der Waals surface area (Å²) in [6.45, 7) is 5.11. The molecule has 3 rings (SSSR count). The summed E-state index contributed by atoms with van der Waals surface area (Å²) in [7, 11) is 1.74. The van der Waals surface area contributed by atoms with E-state index in [-0.39, 0.29) is 5.91 Å². The van der Waals surface area contributed by atoms with Crippen LogP contribution in [0.5, 0.6) is 11.5 Å². The Morgan fingerprint density at radius 1 is 0.900 bits per heavy atom. The quantitative estimate of drug-likeness (QED) is 0.499. The van der Waals surface area contributed by atoms with Crippen molar-refractivity contribution in [2.75, 3.05) is 25.2 Å². The van der Waals surface area contributed by atoms with Crippen LogP contribution in [0.1, 0.15) is 25.0 Å². The highest BCUT2D eigenvalue weighted by Crippen LogP contribution is 2.27. The molecule has 0 aliphatic carbocycles. The molecule has 1 aromatic heterocycles. The first-order valence-corrected chi connectivity index (χ1v) is 9.98. The molecule has 0 saturated carbocycles. The Morgan fingerprint density at radius 2 is 1.43 bits per heavy atom. The molecule has 0 N–H and O–H groups in total. The van der Waals surface area contributed by atoms with Gasteiger partial charge in [-0.25, -0.2) is 0 Å². The Labute approximate surface area is 177 Å². The Hall–Kier alpha value is -3.60. The molecule has 0 radical (unpaired) electrons. The van der Waals surface area contributed by atoms with E-state index in [9.17, 15) is 4.79 Å². The van der Waals surface area contributed by atoms with Crippen LogP contribution in [-0.2, 0) is 4.79 Å². The second-order valence-electron chi connectivity index (χ2n) is 6.58. The summed E-state index contributed by atoms with van der Waals surface area (Å²) in [5, 5.41) is 0. The van der Waals surface area contributed by atoms with Crippen molar-refractivity contribution in [1.29, 1.82) is 0 Å². The van der Waals surface area contributed by atoms with Crippen LogP contribution in [-0.4, -0.2) is 31.2 Å². The molecule has 0 atom stereocenters. The van der Waals surface area contributed by atoms with E-state index in [1.807, 2.05) is 74.5 Å². The van der Waals surface area contributed by atoms with Gasteiger partial charge in [-0.2, -0.15) is 0 Å². The highest BCUT2D eigenvalue weighted by Gasteiger charge is 2.13. The summed E-state index contributed by atoms with van der Waals surface area (Å²) in [6.07, 6.45) is 5.00. The van der Waals surface area contributed by atoms with Crippen LogP contribution in [0.25, 0.3) is 5.57 Å². The molecule has 5 heteroatoms. The number of rotatable bonds is 8. The van der Waals surface area contributed by atoms with Gasteiger partial charge in [0, 0.05) is 19.3 Å². The third-order valence-corrected chi connectivity index (χ3v) is 4.58. The number of hydrogen-bond acceptors (Lipinski definition) is 4. The molecule has 2 aromatic carbocycles. The highest BCUT2D eigenvalue weighted by atomic mass is 16.5. The monoisotopic (exact) mass is 402 g/mol. The first kappa shape index (κ1) is 21.1. The lowest BCUT2D eigenvalue weighted by molar-refractivity contribution is -0.113. The normalized spacial score (nSPS) is 10.2. The maximum absolute atomic E-state index is 13.0. The smallest absolute Gasteiger partial charge is 0.251 e. The lowest BCUT2D eigenvalue weighted by atomic mass is 9.97. The first-order valence-electron chi connectivity index (χ1n) is 9.98. The highest BCUT2D eigenvalue weighted by molar-refractivity contribution is 6.07.